The predicted octanol–water partition coefficient (Wildman–Crippen LogP) is 3.66. The summed E-state index contributed by atoms with van der Waals surface area (Å²) >= 11 is 4.70. The van der Waals surface area contributed by atoms with Crippen LogP contribution in [0.15, 0.2) is 28.2 Å². The van der Waals surface area contributed by atoms with Gasteiger partial charge >= 0.3 is 5.97 Å². The lowest BCUT2D eigenvalue weighted by Crippen LogP contribution is -2.01. The largest absolute Gasteiger partial charge is 0.476 e. The Labute approximate surface area is 110 Å². The summed E-state index contributed by atoms with van der Waals surface area (Å²) in [4.78, 5) is 14.7. The van der Waals surface area contributed by atoms with Gasteiger partial charge in [0.15, 0.2) is 5.69 Å². The van der Waals surface area contributed by atoms with Crippen LogP contribution >= 0.6 is 27.3 Å². The number of thiazole rings is 1. The van der Waals surface area contributed by atoms with E-state index >= 15 is 0 Å². The van der Waals surface area contributed by atoms with Crippen LogP contribution in [-0.4, -0.2) is 16.1 Å². The number of benzene rings is 1. The van der Waals surface area contributed by atoms with Crippen molar-refractivity contribution >= 4 is 43.9 Å². The van der Waals surface area contributed by atoms with Gasteiger partial charge in [0.05, 0.1) is 5.51 Å². The Bertz CT molecular complexity index is 568. The Hall–Kier alpha value is -1.40. The zero-order valence-corrected chi connectivity index (χ0v) is 11.3. The molecule has 17 heavy (non-hydrogen) atoms. The molecule has 0 spiro atoms. The Kier molecular flexibility index (Phi) is 3.44. The average molecular weight is 313 g/mol. The number of aromatic carboxylic acids is 1. The fourth-order valence-electron chi connectivity index (χ4n) is 1.35. The van der Waals surface area contributed by atoms with E-state index in [1.165, 1.54) is 16.8 Å². The van der Waals surface area contributed by atoms with Gasteiger partial charge < -0.3 is 10.4 Å². The molecule has 0 aliphatic carbocycles. The highest BCUT2D eigenvalue weighted by atomic mass is 79.9. The zero-order chi connectivity index (χ0) is 12.4. The van der Waals surface area contributed by atoms with Crippen LogP contribution in [0.1, 0.15) is 16.1 Å². The first-order valence-electron chi connectivity index (χ1n) is 4.78. The van der Waals surface area contributed by atoms with Crippen LogP contribution in [-0.2, 0) is 0 Å². The molecule has 0 unspecified atom stereocenters. The molecule has 1 heterocycles. The van der Waals surface area contributed by atoms with E-state index in [1.807, 2.05) is 25.1 Å². The quantitative estimate of drug-likeness (QED) is 0.908. The number of carbonyl (C=O) groups is 1. The fraction of sp³-hybridized carbons (Fsp3) is 0.0909. The van der Waals surface area contributed by atoms with Crippen LogP contribution in [0.5, 0.6) is 0 Å². The van der Waals surface area contributed by atoms with Crippen molar-refractivity contribution in [1.82, 2.24) is 4.98 Å². The molecular formula is C11H9BrN2O2S. The maximum atomic E-state index is 10.9. The van der Waals surface area contributed by atoms with Gasteiger partial charge in [0.1, 0.15) is 5.00 Å². The third-order valence-corrected chi connectivity index (χ3v) is 3.89. The number of carboxylic acid groups (broad SMARTS) is 1. The van der Waals surface area contributed by atoms with Crippen molar-refractivity contribution in [2.24, 2.45) is 0 Å². The lowest BCUT2D eigenvalue weighted by Gasteiger charge is -2.09. The number of rotatable bonds is 3. The molecule has 6 heteroatoms. The van der Waals surface area contributed by atoms with E-state index in [0.717, 1.165) is 15.7 Å². The number of aromatic nitrogens is 1. The number of nitrogens with one attached hydrogen (secondary N) is 1. The van der Waals surface area contributed by atoms with E-state index in [-0.39, 0.29) is 5.69 Å². The van der Waals surface area contributed by atoms with Gasteiger partial charge in [-0.05, 0) is 24.6 Å². The Morgan fingerprint density at radius 3 is 3.00 bits per heavy atom. The molecule has 0 fully saturated rings. The van der Waals surface area contributed by atoms with Crippen LogP contribution in [0, 0.1) is 6.92 Å². The van der Waals surface area contributed by atoms with E-state index < -0.39 is 5.97 Å². The summed E-state index contributed by atoms with van der Waals surface area (Å²) < 4.78 is 0.976. The molecule has 0 radical (unpaired) electrons. The van der Waals surface area contributed by atoms with Gasteiger partial charge in [0.25, 0.3) is 0 Å². The molecule has 2 aromatic rings. The highest BCUT2D eigenvalue weighted by Crippen LogP contribution is 2.29. The van der Waals surface area contributed by atoms with Gasteiger partial charge in [-0.2, -0.15) is 0 Å². The van der Waals surface area contributed by atoms with Crippen LogP contribution < -0.4 is 5.32 Å². The van der Waals surface area contributed by atoms with Crippen molar-refractivity contribution in [1.29, 1.82) is 0 Å². The van der Waals surface area contributed by atoms with Gasteiger partial charge in [-0.3, -0.25) is 0 Å². The third-order valence-electron chi connectivity index (χ3n) is 2.29. The second-order valence-corrected chi connectivity index (χ2v) is 5.08. The number of nitrogens with zero attached hydrogens (tertiary/aromatic N) is 1. The van der Waals surface area contributed by atoms with Crippen molar-refractivity contribution in [3.63, 3.8) is 0 Å². The number of halogens is 1. The molecule has 1 aromatic carbocycles. The minimum absolute atomic E-state index is 0.0503. The number of hydrogen-bond donors (Lipinski definition) is 2. The first-order valence-corrected chi connectivity index (χ1v) is 6.46. The van der Waals surface area contributed by atoms with Crippen LogP contribution in [0.2, 0.25) is 0 Å². The van der Waals surface area contributed by atoms with E-state index in [9.17, 15) is 4.79 Å². The second-order valence-electron chi connectivity index (χ2n) is 3.37. The number of carboxylic acids is 1. The predicted molar refractivity (Wildman–Crippen MR) is 71.2 cm³/mol. The molecule has 2 rings (SSSR count). The lowest BCUT2D eigenvalue weighted by molar-refractivity contribution is 0.0692. The summed E-state index contributed by atoms with van der Waals surface area (Å²) in [5.74, 6) is -1.03. The summed E-state index contributed by atoms with van der Waals surface area (Å²) in [7, 11) is 0. The van der Waals surface area contributed by atoms with E-state index in [4.69, 9.17) is 5.11 Å². The molecule has 0 amide bonds. The van der Waals surface area contributed by atoms with Gasteiger partial charge in [-0.15, -0.1) is 11.3 Å². The van der Waals surface area contributed by atoms with Crippen LogP contribution in [0.3, 0.4) is 0 Å². The minimum Gasteiger partial charge on any atom is -0.476 e. The maximum absolute atomic E-state index is 10.9. The van der Waals surface area contributed by atoms with Gasteiger partial charge in [0.2, 0.25) is 0 Å². The first kappa shape index (κ1) is 12.1. The number of anilines is 2. The Morgan fingerprint density at radius 1 is 1.53 bits per heavy atom. The van der Waals surface area contributed by atoms with Crippen LogP contribution in [0.4, 0.5) is 10.7 Å². The summed E-state index contributed by atoms with van der Waals surface area (Å²) in [5, 5.41) is 12.6. The molecular weight excluding hydrogens is 304 g/mol. The SMILES string of the molecule is Cc1c(Br)cccc1Nc1scnc1C(=O)O. The van der Waals surface area contributed by atoms with Crippen molar-refractivity contribution in [2.45, 2.75) is 6.92 Å². The monoisotopic (exact) mass is 312 g/mol. The topological polar surface area (TPSA) is 62.2 Å². The molecule has 1 aromatic heterocycles. The molecule has 2 N–H and O–H groups in total. The summed E-state index contributed by atoms with van der Waals surface area (Å²) in [6.07, 6.45) is 0. The summed E-state index contributed by atoms with van der Waals surface area (Å²) in [5.41, 5.74) is 3.46. The second kappa shape index (κ2) is 4.85. The fourth-order valence-corrected chi connectivity index (χ4v) is 2.40. The zero-order valence-electron chi connectivity index (χ0n) is 8.90. The van der Waals surface area contributed by atoms with Crippen molar-refractivity contribution < 1.29 is 9.90 Å². The molecule has 88 valence electrons. The van der Waals surface area contributed by atoms with E-state index in [2.05, 4.69) is 26.2 Å². The lowest BCUT2D eigenvalue weighted by atomic mass is 10.2. The maximum Gasteiger partial charge on any atom is 0.357 e. The number of hydrogen-bond acceptors (Lipinski definition) is 4. The standard InChI is InChI=1S/C11H9BrN2O2S/c1-6-7(12)3-2-4-8(6)14-10-9(11(15)16)13-5-17-10/h2-5,14H,1H3,(H,15,16). The molecule has 0 aliphatic heterocycles. The molecule has 0 bridgehead atoms. The Morgan fingerprint density at radius 2 is 2.29 bits per heavy atom. The molecule has 0 atom stereocenters. The average Bonchev–Trinajstić information content (AvgIpc) is 2.73. The van der Waals surface area contributed by atoms with Crippen molar-refractivity contribution in [3.8, 4) is 0 Å². The van der Waals surface area contributed by atoms with Gasteiger partial charge in [-0.1, -0.05) is 22.0 Å². The third kappa shape index (κ3) is 2.48. The smallest absolute Gasteiger partial charge is 0.357 e. The van der Waals surface area contributed by atoms with Crippen molar-refractivity contribution in [3.05, 3.63) is 39.4 Å². The normalized spacial score (nSPS) is 10.2. The summed E-state index contributed by atoms with van der Waals surface area (Å²) in [6, 6.07) is 5.72. The summed E-state index contributed by atoms with van der Waals surface area (Å²) in [6.45, 7) is 1.95. The first-order chi connectivity index (χ1) is 8.09. The van der Waals surface area contributed by atoms with Gasteiger partial charge in [-0.25, -0.2) is 9.78 Å². The molecule has 4 nitrogen and oxygen atoms in total. The Balaban J connectivity index is 2.35. The molecule has 0 saturated heterocycles. The van der Waals surface area contributed by atoms with Gasteiger partial charge in [0, 0.05) is 10.2 Å². The molecule has 0 aliphatic rings. The van der Waals surface area contributed by atoms with E-state index in [0.29, 0.717) is 5.00 Å². The van der Waals surface area contributed by atoms with Crippen molar-refractivity contribution in [2.75, 3.05) is 5.32 Å². The van der Waals surface area contributed by atoms with Crippen LogP contribution in [0.25, 0.3) is 0 Å². The highest BCUT2D eigenvalue weighted by Gasteiger charge is 2.14. The highest BCUT2D eigenvalue weighted by molar-refractivity contribution is 9.10. The molecule has 0 saturated carbocycles. The minimum atomic E-state index is -1.03. The van der Waals surface area contributed by atoms with E-state index in [1.54, 1.807) is 0 Å².